The summed E-state index contributed by atoms with van der Waals surface area (Å²) in [5.41, 5.74) is -5.48. The normalized spacial score (nSPS) is 41.4. The molecule has 210 valence electrons. The van der Waals surface area contributed by atoms with Crippen molar-refractivity contribution >= 4 is 23.5 Å². The highest BCUT2D eigenvalue weighted by molar-refractivity contribution is 6.01. The molecule has 3 fully saturated rings. The summed E-state index contributed by atoms with van der Waals surface area (Å²) in [6.45, 7) is 6.31. The zero-order valence-corrected chi connectivity index (χ0v) is 22.6. The van der Waals surface area contributed by atoms with E-state index in [2.05, 4.69) is 0 Å². The lowest BCUT2D eigenvalue weighted by molar-refractivity contribution is -0.228. The molecule has 0 bridgehead atoms. The maximum Gasteiger partial charge on any atom is 0.306 e. The average molecular weight is 535 g/mol. The molecule has 0 aromatic rings. The first kappa shape index (κ1) is 28.6. The zero-order valence-electron chi connectivity index (χ0n) is 22.6. The van der Waals surface area contributed by atoms with Gasteiger partial charge in [0, 0.05) is 35.5 Å². The number of ketones is 2. The maximum atomic E-state index is 17.4. The van der Waals surface area contributed by atoms with Gasteiger partial charge in [0.2, 0.25) is 5.78 Å². The number of allylic oxidation sites excluding steroid dienone is 4. The lowest BCUT2D eigenvalue weighted by Gasteiger charge is -2.62. The molecule has 8 nitrogen and oxygen atoms in total. The van der Waals surface area contributed by atoms with E-state index in [0.29, 0.717) is 24.8 Å². The van der Waals surface area contributed by atoms with Crippen LogP contribution in [-0.4, -0.2) is 64.3 Å². The first-order valence-electron chi connectivity index (χ1n) is 13.6. The minimum absolute atomic E-state index is 0.0228. The molecule has 4 aliphatic carbocycles. The monoisotopic (exact) mass is 534 g/mol. The Balaban J connectivity index is 1.68. The smallest absolute Gasteiger partial charge is 0.306 e. The van der Waals surface area contributed by atoms with Crippen molar-refractivity contribution in [2.45, 2.75) is 90.0 Å². The molecule has 2 unspecified atom stereocenters. The molecule has 4 rings (SSSR count). The maximum absolute atomic E-state index is 17.4. The molecule has 0 amide bonds. The summed E-state index contributed by atoms with van der Waals surface area (Å²) in [5.74, 6) is -3.60. The van der Waals surface area contributed by atoms with Crippen molar-refractivity contribution in [3.8, 4) is 0 Å². The highest BCUT2D eigenvalue weighted by atomic mass is 19.1. The van der Waals surface area contributed by atoms with Gasteiger partial charge < -0.3 is 19.7 Å². The Kier molecular flexibility index (Phi) is 7.51. The lowest BCUT2D eigenvalue weighted by Crippen LogP contribution is -2.70. The Labute approximate surface area is 222 Å². The second-order valence-electron chi connectivity index (χ2n) is 11.9. The second kappa shape index (κ2) is 9.97. The van der Waals surface area contributed by atoms with E-state index < -0.39 is 70.3 Å². The number of ether oxygens (including phenoxy) is 2. The number of hydrogen-bond acceptors (Lipinski definition) is 8. The van der Waals surface area contributed by atoms with Crippen LogP contribution in [0.25, 0.3) is 0 Å². The number of aliphatic hydroxyl groups is 2. The average Bonchev–Trinajstić information content (AvgIpc) is 3.07. The fourth-order valence-corrected chi connectivity index (χ4v) is 8.36. The first-order chi connectivity index (χ1) is 17.8. The van der Waals surface area contributed by atoms with Crippen LogP contribution in [0, 0.1) is 28.6 Å². The van der Waals surface area contributed by atoms with Gasteiger partial charge in [-0.3, -0.25) is 19.2 Å². The van der Waals surface area contributed by atoms with Gasteiger partial charge in [0.15, 0.2) is 17.1 Å². The summed E-state index contributed by atoms with van der Waals surface area (Å²) in [6.07, 6.45) is 4.02. The lowest BCUT2D eigenvalue weighted by atomic mass is 9.44. The number of rotatable bonds is 8. The number of carbonyl (C=O) groups excluding carboxylic acids is 4. The fraction of sp³-hybridized carbons (Fsp3) is 0.724. The molecular weight excluding hydrogens is 495 g/mol. The van der Waals surface area contributed by atoms with Crippen molar-refractivity contribution in [1.29, 1.82) is 0 Å². The van der Waals surface area contributed by atoms with Crippen LogP contribution in [0.15, 0.2) is 23.8 Å². The van der Waals surface area contributed by atoms with Crippen molar-refractivity contribution in [3.05, 3.63) is 23.8 Å². The van der Waals surface area contributed by atoms with E-state index in [0.717, 1.165) is 0 Å². The number of Topliss-reactive ketones (excluding diaryl/α,β-unsaturated/α-hetero) is 1. The molecule has 2 N–H and O–H groups in total. The fourth-order valence-electron chi connectivity index (χ4n) is 8.36. The standard InChI is InChI=1S/C29H39FO8/c1-5-37-24(35)7-6-8-25(36)38-29(23(34)16-31)17(2)13-21-20-10-9-18-14-19(32)11-12-26(18,3)28(20,30)22(33)15-27(21,29)4/h11-12,14,17,20-22,31,33H,5-10,13,15-16H2,1-4H3/t17?,20-,21-,22?,26-,27-,28-,29-/m0/s1. The summed E-state index contributed by atoms with van der Waals surface area (Å²) in [5, 5.41) is 21.5. The van der Waals surface area contributed by atoms with Crippen LogP contribution in [-0.2, 0) is 28.7 Å². The van der Waals surface area contributed by atoms with Crippen molar-refractivity contribution in [2.24, 2.45) is 28.6 Å². The van der Waals surface area contributed by atoms with Crippen LogP contribution >= 0.6 is 0 Å². The van der Waals surface area contributed by atoms with E-state index in [9.17, 15) is 29.4 Å². The Morgan fingerprint density at radius 2 is 1.84 bits per heavy atom. The number of aliphatic hydroxyl groups excluding tert-OH is 2. The highest BCUT2D eigenvalue weighted by Gasteiger charge is 2.77. The van der Waals surface area contributed by atoms with Crippen molar-refractivity contribution < 1.29 is 43.3 Å². The van der Waals surface area contributed by atoms with Gasteiger partial charge in [-0.1, -0.05) is 25.5 Å². The minimum Gasteiger partial charge on any atom is -0.466 e. The van der Waals surface area contributed by atoms with E-state index in [1.807, 2.05) is 0 Å². The molecule has 0 spiro atoms. The van der Waals surface area contributed by atoms with Gasteiger partial charge in [0.1, 0.15) is 6.61 Å². The molecule has 0 saturated heterocycles. The van der Waals surface area contributed by atoms with E-state index in [1.54, 1.807) is 33.8 Å². The summed E-state index contributed by atoms with van der Waals surface area (Å²) in [4.78, 5) is 50.2. The predicted octanol–water partition coefficient (Wildman–Crippen LogP) is 3.18. The van der Waals surface area contributed by atoms with Crippen LogP contribution in [0.1, 0.15) is 72.6 Å². The molecule has 9 heteroatoms. The summed E-state index contributed by atoms with van der Waals surface area (Å²) >= 11 is 0. The number of hydrogen-bond donors (Lipinski definition) is 2. The Bertz CT molecular complexity index is 1080. The van der Waals surface area contributed by atoms with E-state index >= 15 is 4.39 Å². The Hall–Kier alpha value is -2.39. The van der Waals surface area contributed by atoms with Gasteiger partial charge in [0.25, 0.3) is 0 Å². The number of fused-ring (bicyclic) bond motifs is 5. The molecule has 0 aromatic carbocycles. The molecule has 0 radical (unpaired) electrons. The molecule has 8 atom stereocenters. The molecule has 0 heterocycles. The number of halogens is 1. The first-order valence-corrected chi connectivity index (χ1v) is 13.6. The van der Waals surface area contributed by atoms with E-state index in [-0.39, 0.29) is 38.1 Å². The third-order valence-electron chi connectivity index (χ3n) is 10.1. The summed E-state index contributed by atoms with van der Waals surface area (Å²) in [7, 11) is 0. The van der Waals surface area contributed by atoms with Crippen LogP contribution in [0.5, 0.6) is 0 Å². The molecule has 3 saturated carbocycles. The van der Waals surface area contributed by atoms with E-state index in [4.69, 9.17) is 9.47 Å². The summed E-state index contributed by atoms with van der Waals surface area (Å²) in [6, 6.07) is 0. The topological polar surface area (TPSA) is 127 Å². The molecule has 4 aliphatic rings. The third kappa shape index (κ3) is 3.91. The van der Waals surface area contributed by atoms with Crippen molar-refractivity contribution in [2.75, 3.05) is 13.2 Å². The molecular formula is C29H39FO8. The minimum atomic E-state index is -2.08. The van der Waals surface area contributed by atoms with Gasteiger partial charge in [-0.2, -0.15) is 0 Å². The number of alkyl halides is 1. The van der Waals surface area contributed by atoms with E-state index in [1.165, 1.54) is 12.2 Å². The van der Waals surface area contributed by atoms with Gasteiger partial charge in [-0.15, -0.1) is 0 Å². The highest BCUT2D eigenvalue weighted by Crippen LogP contribution is 2.71. The van der Waals surface area contributed by atoms with Crippen LogP contribution in [0.2, 0.25) is 0 Å². The SMILES string of the molecule is CCOC(=O)CCCC(=O)O[C@]1(C(=O)CO)C(C)C[C@H]2[C@@H]3CCC4=CC(=O)C=C[C@]4(C)[C@@]3(F)C(O)C[C@@]21C. The molecule has 0 aromatic heterocycles. The van der Waals surface area contributed by atoms with Crippen molar-refractivity contribution in [1.82, 2.24) is 0 Å². The Morgan fingerprint density at radius 1 is 1.16 bits per heavy atom. The quantitative estimate of drug-likeness (QED) is 0.455. The predicted molar refractivity (Wildman–Crippen MR) is 134 cm³/mol. The van der Waals surface area contributed by atoms with Crippen LogP contribution in [0.3, 0.4) is 0 Å². The largest absolute Gasteiger partial charge is 0.466 e. The number of esters is 2. The number of carbonyl (C=O) groups is 4. The second-order valence-corrected chi connectivity index (χ2v) is 11.9. The Morgan fingerprint density at radius 3 is 2.50 bits per heavy atom. The van der Waals surface area contributed by atoms with Gasteiger partial charge in [-0.25, -0.2) is 4.39 Å². The van der Waals surface area contributed by atoms with Crippen LogP contribution < -0.4 is 0 Å². The molecule has 0 aliphatic heterocycles. The zero-order chi connectivity index (χ0) is 28.1. The van der Waals surface area contributed by atoms with Gasteiger partial charge in [-0.05, 0) is 64.0 Å². The van der Waals surface area contributed by atoms with Gasteiger partial charge >= 0.3 is 11.9 Å². The molecule has 38 heavy (non-hydrogen) atoms. The van der Waals surface area contributed by atoms with Crippen LogP contribution in [0.4, 0.5) is 4.39 Å². The third-order valence-corrected chi connectivity index (χ3v) is 10.1. The van der Waals surface area contributed by atoms with Gasteiger partial charge in [0.05, 0.1) is 12.7 Å². The van der Waals surface area contributed by atoms with Crippen molar-refractivity contribution in [3.63, 3.8) is 0 Å². The summed E-state index contributed by atoms with van der Waals surface area (Å²) < 4.78 is 28.2.